The summed E-state index contributed by atoms with van der Waals surface area (Å²) in [5.74, 6) is 0.841. The molecule has 0 saturated carbocycles. The predicted molar refractivity (Wildman–Crippen MR) is 156 cm³/mol. The van der Waals surface area contributed by atoms with E-state index in [0.717, 1.165) is 16.9 Å². The number of ether oxygens (including phenoxy) is 3. The van der Waals surface area contributed by atoms with E-state index in [1.54, 1.807) is 62.8 Å². The summed E-state index contributed by atoms with van der Waals surface area (Å²) in [4.78, 5) is 27.0. The van der Waals surface area contributed by atoms with Crippen LogP contribution in [0.25, 0.3) is 0 Å². The minimum absolute atomic E-state index is 0.0299. The summed E-state index contributed by atoms with van der Waals surface area (Å²) >= 11 is 5.94. The van der Waals surface area contributed by atoms with Crippen molar-refractivity contribution in [1.82, 2.24) is 4.90 Å². The molecule has 3 aromatic rings. The lowest BCUT2D eigenvalue weighted by Gasteiger charge is -2.33. The number of aliphatic carboxylic acids is 1. The van der Waals surface area contributed by atoms with E-state index in [0.29, 0.717) is 29.4 Å². The molecule has 0 aliphatic carbocycles. The van der Waals surface area contributed by atoms with E-state index >= 15 is 0 Å². The molecule has 0 spiro atoms. The van der Waals surface area contributed by atoms with Gasteiger partial charge in [0.15, 0.2) is 0 Å². The maximum atomic E-state index is 13.4. The smallest absolute Gasteiger partial charge is 0.411 e. The summed E-state index contributed by atoms with van der Waals surface area (Å²) in [7, 11) is 3.10. The maximum absolute atomic E-state index is 13.4. The van der Waals surface area contributed by atoms with Crippen LogP contribution in [0.1, 0.15) is 31.7 Å². The lowest BCUT2D eigenvalue weighted by molar-refractivity contribution is -0.142. The Morgan fingerprint density at radius 2 is 1.35 bits per heavy atom. The molecule has 3 aromatic carbocycles. The van der Waals surface area contributed by atoms with Gasteiger partial charge in [0.2, 0.25) is 0 Å². The first-order valence-corrected chi connectivity index (χ1v) is 15.6. The van der Waals surface area contributed by atoms with Gasteiger partial charge in [-0.05, 0) is 72.3 Å². The number of carbonyl (C=O) groups excluding carboxylic acids is 1. The Balaban J connectivity index is 1.95. The molecule has 0 aliphatic heterocycles. The van der Waals surface area contributed by atoms with E-state index in [2.05, 4.69) is 0 Å². The number of unbranched alkanes of at least 4 members (excludes halogenated alkanes) is 1. The zero-order chi connectivity index (χ0) is 29.0. The van der Waals surface area contributed by atoms with Crippen molar-refractivity contribution < 1.29 is 38.0 Å². The van der Waals surface area contributed by atoms with Crippen LogP contribution in [0.2, 0.25) is 0 Å². The number of carboxylic acid groups (broad SMARTS) is 1. The maximum Gasteiger partial charge on any atom is 0.411 e. The normalized spacial score (nSPS) is 11.7. The van der Waals surface area contributed by atoms with Gasteiger partial charge < -0.3 is 28.4 Å². The van der Waals surface area contributed by atoms with Crippen molar-refractivity contribution in [2.75, 3.05) is 20.5 Å². The monoisotopic (exact) mass is 587 g/mol. The number of benzene rings is 3. The van der Waals surface area contributed by atoms with E-state index in [1.807, 2.05) is 37.3 Å². The number of amides is 1. The van der Waals surface area contributed by atoms with Crippen LogP contribution in [-0.2, 0) is 27.9 Å². The molecule has 0 saturated heterocycles. The molecule has 3 rings (SSSR count). The average molecular weight is 588 g/mol. The first-order chi connectivity index (χ1) is 19.3. The Kier molecular flexibility index (Phi) is 11.7. The second-order valence-corrected chi connectivity index (χ2v) is 12.3. The van der Waals surface area contributed by atoms with Crippen LogP contribution in [0.4, 0.5) is 4.79 Å². The van der Waals surface area contributed by atoms with Crippen LogP contribution in [-0.4, -0.2) is 48.6 Å². The fourth-order valence-corrected chi connectivity index (χ4v) is 6.37. The van der Waals surface area contributed by atoms with Crippen LogP contribution in [0.5, 0.6) is 23.0 Å². The molecule has 0 bridgehead atoms. The molecule has 1 amide bonds. The topological polar surface area (TPSA) is 104 Å². The Labute approximate surface area is 239 Å². The van der Waals surface area contributed by atoms with Gasteiger partial charge in [0.1, 0.15) is 41.9 Å². The number of rotatable bonds is 15. The number of carboxylic acids is 1. The third-order valence-electron chi connectivity index (χ3n) is 5.87. The largest absolute Gasteiger partial charge is 0.497 e. The summed E-state index contributed by atoms with van der Waals surface area (Å²) in [5, 5.41) is 10.1. The Morgan fingerprint density at radius 3 is 1.80 bits per heavy atom. The SMILES string of the molecule is CCCCC(C(=O)O)N(CP(=S)(Oc1ccc(OC)cc1)Oc1ccc(OC)cc1)C(=O)OCc1ccccc1. The number of hydrogen-bond acceptors (Lipinski definition) is 8. The summed E-state index contributed by atoms with van der Waals surface area (Å²) in [6.45, 7) is -1.51. The average Bonchev–Trinajstić information content (AvgIpc) is 2.96. The van der Waals surface area contributed by atoms with E-state index < -0.39 is 24.6 Å². The van der Waals surface area contributed by atoms with Crippen molar-refractivity contribution >= 4 is 30.4 Å². The van der Waals surface area contributed by atoms with E-state index in [1.165, 1.54) is 0 Å². The number of methoxy groups -OCH3 is 2. The van der Waals surface area contributed by atoms with Gasteiger partial charge in [-0.25, -0.2) is 9.59 Å². The number of nitrogens with zero attached hydrogens (tertiary/aromatic N) is 1. The first kappa shape index (κ1) is 30.8. The van der Waals surface area contributed by atoms with Crippen LogP contribution in [0, 0.1) is 0 Å². The van der Waals surface area contributed by atoms with Gasteiger partial charge >= 0.3 is 18.6 Å². The van der Waals surface area contributed by atoms with Crippen LogP contribution in [0.3, 0.4) is 0 Å². The lowest BCUT2D eigenvalue weighted by Crippen LogP contribution is -2.46. The molecular formula is C29H34NO8PS. The minimum atomic E-state index is -3.43. The Morgan fingerprint density at radius 1 is 0.850 bits per heavy atom. The predicted octanol–water partition coefficient (Wildman–Crippen LogP) is 6.71. The fraction of sp³-hybridized carbons (Fsp3) is 0.310. The minimum Gasteiger partial charge on any atom is -0.497 e. The van der Waals surface area contributed by atoms with E-state index in [-0.39, 0.29) is 19.3 Å². The second-order valence-electron chi connectivity index (χ2n) is 8.79. The highest BCUT2D eigenvalue weighted by Gasteiger charge is 2.37. The summed E-state index contributed by atoms with van der Waals surface area (Å²) < 4.78 is 28.4. The Hall–Kier alpha value is -3.75. The van der Waals surface area contributed by atoms with Crippen molar-refractivity contribution in [3.63, 3.8) is 0 Å². The standard InChI is InChI=1S/C29H34NO8PS/c1-4-5-11-27(28(31)32)30(29(33)36-20-22-9-7-6-8-10-22)21-39(40,37-25-16-12-23(34-2)13-17-25)38-26-18-14-24(35-3)15-19-26/h6-10,12-19,27H,4-5,11,20-21H2,1-3H3,(H,31,32). The highest BCUT2D eigenvalue weighted by molar-refractivity contribution is 8.10. The van der Waals surface area contributed by atoms with Gasteiger partial charge in [0.05, 0.1) is 14.2 Å². The summed E-state index contributed by atoms with van der Waals surface area (Å²) in [6, 6.07) is 21.4. The van der Waals surface area contributed by atoms with E-state index in [4.69, 9.17) is 35.1 Å². The summed E-state index contributed by atoms with van der Waals surface area (Å²) in [6.07, 6.45) is 0.413. The van der Waals surface area contributed by atoms with Crippen molar-refractivity contribution in [3.05, 3.63) is 84.4 Å². The zero-order valence-corrected chi connectivity index (χ0v) is 24.4. The molecule has 9 nitrogen and oxygen atoms in total. The molecule has 1 atom stereocenters. The van der Waals surface area contributed by atoms with Gasteiger partial charge in [-0.2, -0.15) is 0 Å². The molecule has 1 N–H and O–H groups in total. The third-order valence-corrected chi connectivity index (χ3v) is 8.29. The molecule has 0 fully saturated rings. The van der Waals surface area contributed by atoms with Gasteiger partial charge in [-0.3, -0.25) is 4.90 Å². The van der Waals surface area contributed by atoms with Crippen LogP contribution >= 0.6 is 6.49 Å². The van der Waals surface area contributed by atoms with Crippen molar-refractivity contribution in [3.8, 4) is 23.0 Å². The van der Waals surface area contributed by atoms with Gasteiger partial charge in [-0.15, -0.1) is 0 Å². The van der Waals surface area contributed by atoms with Crippen molar-refractivity contribution in [2.24, 2.45) is 0 Å². The second kappa shape index (κ2) is 15.1. The molecule has 1 unspecified atom stereocenters. The molecule has 0 aromatic heterocycles. The third kappa shape index (κ3) is 9.17. The highest BCUT2D eigenvalue weighted by atomic mass is 32.5. The highest BCUT2D eigenvalue weighted by Crippen LogP contribution is 2.50. The quantitative estimate of drug-likeness (QED) is 0.194. The molecule has 40 heavy (non-hydrogen) atoms. The van der Waals surface area contributed by atoms with Crippen molar-refractivity contribution in [1.29, 1.82) is 0 Å². The molecule has 214 valence electrons. The summed E-state index contributed by atoms with van der Waals surface area (Å²) in [5.41, 5.74) is 0.764. The van der Waals surface area contributed by atoms with Gasteiger partial charge in [0.25, 0.3) is 0 Å². The molecular weight excluding hydrogens is 553 g/mol. The fourth-order valence-electron chi connectivity index (χ4n) is 3.75. The zero-order valence-electron chi connectivity index (χ0n) is 22.7. The van der Waals surface area contributed by atoms with Gasteiger partial charge in [0, 0.05) is 0 Å². The number of carbonyl (C=O) groups is 2. The lowest BCUT2D eigenvalue weighted by atomic mass is 10.1. The molecule has 11 heteroatoms. The molecule has 0 aliphatic rings. The Bertz CT molecular complexity index is 1220. The van der Waals surface area contributed by atoms with E-state index in [9.17, 15) is 14.7 Å². The van der Waals surface area contributed by atoms with Crippen LogP contribution in [0.15, 0.2) is 78.9 Å². The molecule has 0 radical (unpaired) electrons. The van der Waals surface area contributed by atoms with Crippen LogP contribution < -0.4 is 18.5 Å². The van der Waals surface area contributed by atoms with Crippen molar-refractivity contribution in [2.45, 2.75) is 38.8 Å². The number of hydrogen-bond donors (Lipinski definition) is 1. The molecule has 0 heterocycles. The first-order valence-electron chi connectivity index (χ1n) is 12.7. The van der Waals surface area contributed by atoms with Gasteiger partial charge in [-0.1, -0.05) is 50.1 Å².